The molecule has 27 heavy (non-hydrogen) atoms. The summed E-state index contributed by atoms with van der Waals surface area (Å²) >= 11 is 3.52. The van der Waals surface area contributed by atoms with Crippen molar-refractivity contribution in [3.63, 3.8) is 0 Å². The van der Waals surface area contributed by atoms with Crippen molar-refractivity contribution in [3.8, 4) is 5.75 Å². The van der Waals surface area contributed by atoms with Crippen LogP contribution in [-0.4, -0.2) is 35.4 Å². The molecule has 0 aliphatic carbocycles. The van der Waals surface area contributed by atoms with Gasteiger partial charge in [0.1, 0.15) is 23.2 Å². The number of cyclic esters (lactones) is 1. The fourth-order valence-corrected chi connectivity index (χ4v) is 3.88. The quantitative estimate of drug-likeness (QED) is 0.649. The highest BCUT2D eigenvalue weighted by molar-refractivity contribution is 9.10. The molecule has 3 unspecified atom stereocenters. The van der Waals surface area contributed by atoms with Gasteiger partial charge in [-0.15, -0.1) is 0 Å². The largest absolute Gasteiger partial charge is 0.497 e. The highest BCUT2D eigenvalue weighted by Crippen LogP contribution is 2.34. The molecule has 0 saturated carbocycles. The lowest BCUT2D eigenvalue weighted by Gasteiger charge is -2.26. The van der Waals surface area contributed by atoms with Crippen LogP contribution in [0.3, 0.4) is 0 Å². The lowest BCUT2D eigenvalue weighted by Crippen LogP contribution is -2.40. The van der Waals surface area contributed by atoms with Crippen LogP contribution in [-0.2, 0) is 9.53 Å². The fourth-order valence-electron chi connectivity index (χ4n) is 3.38. The molecule has 5 nitrogen and oxygen atoms in total. The number of hydrogen-bond acceptors (Lipinski definition) is 4. The van der Waals surface area contributed by atoms with Crippen molar-refractivity contribution in [1.29, 1.82) is 0 Å². The Morgan fingerprint density at radius 1 is 1.26 bits per heavy atom. The first kappa shape index (κ1) is 19.4. The Kier molecular flexibility index (Phi) is 5.85. The zero-order valence-corrected chi connectivity index (χ0v) is 17.1. The number of imide groups is 1. The normalized spacial score (nSPS) is 18.7. The number of nitrogens with zero attached hydrogens (tertiary/aromatic N) is 1. The van der Waals surface area contributed by atoms with E-state index in [2.05, 4.69) is 15.9 Å². The third kappa shape index (κ3) is 3.86. The maximum Gasteiger partial charge on any atom is 0.417 e. The molecule has 0 spiro atoms. The summed E-state index contributed by atoms with van der Waals surface area (Å²) < 4.78 is 10.4. The van der Waals surface area contributed by atoms with Crippen molar-refractivity contribution in [2.75, 3.05) is 13.7 Å². The highest BCUT2D eigenvalue weighted by atomic mass is 79.9. The molecule has 142 valence electrons. The van der Waals surface area contributed by atoms with Crippen molar-refractivity contribution < 1.29 is 19.1 Å². The van der Waals surface area contributed by atoms with Crippen LogP contribution < -0.4 is 4.74 Å². The number of aryl methyl sites for hydroxylation is 1. The lowest BCUT2D eigenvalue weighted by molar-refractivity contribution is -0.128. The van der Waals surface area contributed by atoms with E-state index in [0.29, 0.717) is 0 Å². The molecule has 2 amide bonds. The Morgan fingerprint density at radius 3 is 2.59 bits per heavy atom. The summed E-state index contributed by atoms with van der Waals surface area (Å²) in [5, 5.41) is 0. The van der Waals surface area contributed by atoms with Crippen LogP contribution in [0.4, 0.5) is 4.79 Å². The molecule has 0 aromatic heterocycles. The molecule has 3 rings (SSSR count). The first-order valence-corrected chi connectivity index (χ1v) is 9.69. The number of amides is 2. The molecule has 2 aromatic carbocycles. The molecule has 0 N–H and O–H groups in total. The van der Waals surface area contributed by atoms with Crippen LogP contribution in [0.5, 0.6) is 5.75 Å². The molecule has 6 heteroatoms. The maximum absolute atomic E-state index is 13.1. The summed E-state index contributed by atoms with van der Waals surface area (Å²) in [5.41, 5.74) is 2.93. The molecule has 3 atom stereocenters. The number of carbonyl (C=O) groups is 2. The summed E-state index contributed by atoms with van der Waals surface area (Å²) in [7, 11) is 1.62. The summed E-state index contributed by atoms with van der Waals surface area (Å²) in [6.45, 7) is 4.12. The second-order valence-corrected chi connectivity index (χ2v) is 7.61. The molecular formula is C21H22BrNO4. The zero-order chi connectivity index (χ0) is 19.6. The number of alkyl halides is 1. The van der Waals surface area contributed by atoms with Gasteiger partial charge in [-0.05, 0) is 35.7 Å². The Morgan fingerprint density at radius 2 is 1.96 bits per heavy atom. The first-order chi connectivity index (χ1) is 12.9. The van der Waals surface area contributed by atoms with Crippen molar-refractivity contribution in [3.05, 3.63) is 65.2 Å². The van der Waals surface area contributed by atoms with Gasteiger partial charge >= 0.3 is 6.09 Å². The van der Waals surface area contributed by atoms with Crippen molar-refractivity contribution >= 4 is 27.9 Å². The van der Waals surface area contributed by atoms with Crippen LogP contribution in [0.2, 0.25) is 0 Å². The number of benzene rings is 2. The summed E-state index contributed by atoms with van der Waals surface area (Å²) in [6, 6.07) is 14.8. The SMILES string of the molecule is COc1ccc(C(C)C(Br)C(=O)N2C(=O)OCC2c2ccccc2)c(C)c1. The smallest absolute Gasteiger partial charge is 0.417 e. The third-order valence-corrected chi connectivity index (χ3v) is 6.12. The Hall–Kier alpha value is -2.34. The summed E-state index contributed by atoms with van der Waals surface area (Å²) in [4.78, 5) is 26.1. The second-order valence-electron chi connectivity index (χ2n) is 6.62. The monoisotopic (exact) mass is 431 g/mol. The van der Waals surface area contributed by atoms with E-state index in [0.717, 1.165) is 22.4 Å². The molecule has 1 heterocycles. The molecule has 1 saturated heterocycles. The number of carbonyl (C=O) groups excluding carboxylic acids is 2. The van der Waals surface area contributed by atoms with E-state index in [4.69, 9.17) is 9.47 Å². The van der Waals surface area contributed by atoms with Crippen molar-refractivity contribution in [2.24, 2.45) is 0 Å². The standard InChI is InChI=1S/C21H22BrNO4/c1-13-11-16(26-3)9-10-17(13)14(2)19(22)20(24)23-18(12-27-21(23)25)15-7-5-4-6-8-15/h4-11,14,18-19H,12H2,1-3H3. The van der Waals surface area contributed by atoms with Gasteiger partial charge in [0.15, 0.2) is 0 Å². The van der Waals surface area contributed by atoms with Crippen LogP contribution in [0.25, 0.3) is 0 Å². The number of halogens is 1. The minimum absolute atomic E-state index is 0.131. The van der Waals surface area contributed by atoms with E-state index in [1.807, 2.05) is 62.4 Å². The Labute approximate surface area is 167 Å². The fraction of sp³-hybridized carbons (Fsp3) is 0.333. The minimum atomic E-state index is -0.600. The Bertz CT molecular complexity index is 839. The van der Waals surface area contributed by atoms with Gasteiger partial charge in [0.05, 0.1) is 7.11 Å². The average molecular weight is 432 g/mol. The van der Waals surface area contributed by atoms with Gasteiger partial charge in [-0.25, -0.2) is 9.69 Å². The molecular weight excluding hydrogens is 410 g/mol. The topological polar surface area (TPSA) is 55.8 Å². The molecule has 2 aromatic rings. The van der Waals surface area contributed by atoms with Crippen LogP contribution in [0.1, 0.15) is 35.6 Å². The van der Waals surface area contributed by atoms with Gasteiger partial charge in [-0.2, -0.15) is 0 Å². The zero-order valence-electron chi connectivity index (χ0n) is 15.5. The molecule has 1 fully saturated rings. The average Bonchev–Trinajstić information content (AvgIpc) is 3.08. The Balaban J connectivity index is 1.84. The van der Waals surface area contributed by atoms with Crippen LogP contribution in [0.15, 0.2) is 48.5 Å². The minimum Gasteiger partial charge on any atom is -0.497 e. The van der Waals surface area contributed by atoms with Gasteiger partial charge < -0.3 is 9.47 Å². The predicted octanol–water partition coefficient (Wildman–Crippen LogP) is 4.59. The van der Waals surface area contributed by atoms with Gasteiger partial charge in [0.2, 0.25) is 5.91 Å². The summed E-state index contributed by atoms with van der Waals surface area (Å²) in [6.07, 6.45) is -0.600. The first-order valence-electron chi connectivity index (χ1n) is 8.77. The highest BCUT2D eigenvalue weighted by Gasteiger charge is 2.42. The van der Waals surface area contributed by atoms with E-state index in [1.54, 1.807) is 7.11 Å². The molecule has 1 aliphatic heterocycles. The van der Waals surface area contributed by atoms with Gasteiger partial charge in [-0.1, -0.05) is 59.3 Å². The summed E-state index contributed by atoms with van der Waals surface area (Å²) in [5.74, 6) is 0.343. The predicted molar refractivity (Wildman–Crippen MR) is 106 cm³/mol. The van der Waals surface area contributed by atoms with E-state index in [1.165, 1.54) is 4.90 Å². The van der Waals surface area contributed by atoms with E-state index >= 15 is 0 Å². The number of hydrogen-bond donors (Lipinski definition) is 0. The third-order valence-electron chi connectivity index (χ3n) is 4.94. The number of rotatable bonds is 5. The maximum atomic E-state index is 13.1. The van der Waals surface area contributed by atoms with E-state index < -0.39 is 17.0 Å². The van der Waals surface area contributed by atoms with E-state index in [-0.39, 0.29) is 18.4 Å². The number of methoxy groups -OCH3 is 1. The van der Waals surface area contributed by atoms with Gasteiger partial charge in [0.25, 0.3) is 0 Å². The second kappa shape index (κ2) is 8.13. The lowest BCUT2D eigenvalue weighted by atomic mass is 9.92. The molecule has 1 aliphatic rings. The van der Waals surface area contributed by atoms with Crippen molar-refractivity contribution in [1.82, 2.24) is 4.90 Å². The van der Waals surface area contributed by atoms with Gasteiger partial charge in [0, 0.05) is 5.92 Å². The molecule has 0 radical (unpaired) electrons. The number of ether oxygens (including phenoxy) is 2. The molecule has 0 bridgehead atoms. The van der Waals surface area contributed by atoms with Gasteiger partial charge in [-0.3, -0.25) is 4.79 Å². The van der Waals surface area contributed by atoms with Crippen LogP contribution in [0, 0.1) is 6.92 Å². The van der Waals surface area contributed by atoms with Crippen molar-refractivity contribution in [2.45, 2.75) is 30.6 Å². The van der Waals surface area contributed by atoms with E-state index in [9.17, 15) is 9.59 Å². The van der Waals surface area contributed by atoms with Crippen LogP contribution >= 0.6 is 15.9 Å².